The number of benzene rings is 1. The summed E-state index contributed by atoms with van der Waals surface area (Å²) >= 11 is 0. The van der Waals surface area contributed by atoms with Crippen LogP contribution < -0.4 is 10.5 Å². The number of aromatic nitrogens is 1. The standard InChI is InChI=1S/C13H16N2O3/c1-7-8(2)15(6-11(16)17)9-4-5-10(18-3)13(14)12(7)9/h4-5H,6,14H2,1-3H3,(H,16,17). The highest BCUT2D eigenvalue weighted by molar-refractivity contribution is 5.98. The van der Waals surface area contributed by atoms with Crippen molar-refractivity contribution >= 4 is 22.6 Å². The summed E-state index contributed by atoms with van der Waals surface area (Å²) in [6.07, 6.45) is 0. The third-order valence-electron chi connectivity index (χ3n) is 3.31. The summed E-state index contributed by atoms with van der Waals surface area (Å²) in [5.41, 5.74) is 9.34. The third kappa shape index (κ3) is 1.68. The number of nitrogens with two attached hydrogens (primary N) is 1. The zero-order valence-corrected chi connectivity index (χ0v) is 10.7. The van der Waals surface area contributed by atoms with Crippen molar-refractivity contribution in [1.29, 1.82) is 0 Å². The predicted octanol–water partition coefficient (Wildman–Crippen LogP) is 1.93. The largest absolute Gasteiger partial charge is 0.495 e. The normalized spacial score (nSPS) is 10.8. The molecule has 18 heavy (non-hydrogen) atoms. The molecule has 2 aromatic rings. The highest BCUT2D eigenvalue weighted by atomic mass is 16.5. The number of aryl methyl sites for hydroxylation is 1. The van der Waals surface area contributed by atoms with E-state index >= 15 is 0 Å². The van der Waals surface area contributed by atoms with E-state index in [0.29, 0.717) is 11.4 Å². The first-order valence-corrected chi connectivity index (χ1v) is 5.61. The smallest absolute Gasteiger partial charge is 0.323 e. The summed E-state index contributed by atoms with van der Waals surface area (Å²) < 4.78 is 6.94. The van der Waals surface area contributed by atoms with Gasteiger partial charge in [0, 0.05) is 11.1 Å². The van der Waals surface area contributed by atoms with Crippen LogP contribution in [0.4, 0.5) is 5.69 Å². The van der Waals surface area contributed by atoms with E-state index in [9.17, 15) is 4.79 Å². The summed E-state index contributed by atoms with van der Waals surface area (Å²) in [6, 6.07) is 3.60. The molecule has 0 aliphatic carbocycles. The van der Waals surface area contributed by atoms with E-state index in [-0.39, 0.29) is 6.54 Å². The van der Waals surface area contributed by atoms with Gasteiger partial charge in [-0.15, -0.1) is 0 Å². The van der Waals surface area contributed by atoms with Crippen LogP contribution in [-0.4, -0.2) is 22.8 Å². The van der Waals surface area contributed by atoms with E-state index in [1.165, 1.54) is 0 Å². The molecule has 0 saturated carbocycles. The van der Waals surface area contributed by atoms with Crippen molar-refractivity contribution in [2.45, 2.75) is 20.4 Å². The van der Waals surface area contributed by atoms with Crippen molar-refractivity contribution in [1.82, 2.24) is 4.57 Å². The molecule has 0 aliphatic heterocycles. The number of hydrogen-bond donors (Lipinski definition) is 2. The molecule has 0 aliphatic rings. The molecule has 96 valence electrons. The Morgan fingerprint density at radius 1 is 1.44 bits per heavy atom. The van der Waals surface area contributed by atoms with Gasteiger partial charge in [-0.05, 0) is 31.5 Å². The van der Waals surface area contributed by atoms with Crippen molar-refractivity contribution in [3.8, 4) is 5.75 Å². The van der Waals surface area contributed by atoms with Gasteiger partial charge < -0.3 is 20.1 Å². The zero-order chi connectivity index (χ0) is 13.4. The average molecular weight is 248 g/mol. The highest BCUT2D eigenvalue weighted by Gasteiger charge is 2.17. The van der Waals surface area contributed by atoms with Crippen molar-refractivity contribution < 1.29 is 14.6 Å². The summed E-state index contributed by atoms with van der Waals surface area (Å²) in [6.45, 7) is 3.76. The molecule has 1 aromatic heterocycles. The van der Waals surface area contributed by atoms with Crippen LogP contribution >= 0.6 is 0 Å². The van der Waals surface area contributed by atoms with Gasteiger partial charge in [0.1, 0.15) is 12.3 Å². The molecule has 1 aromatic carbocycles. The molecule has 0 bridgehead atoms. The number of ether oxygens (including phenoxy) is 1. The number of hydrogen-bond acceptors (Lipinski definition) is 3. The Labute approximate surface area is 105 Å². The lowest BCUT2D eigenvalue weighted by molar-refractivity contribution is -0.137. The molecule has 0 atom stereocenters. The topological polar surface area (TPSA) is 77.5 Å². The molecule has 0 unspecified atom stereocenters. The Kier molecular flexibility index (Phi) is 2.90. The predicted molar refractivity (Wildman–Crippen MR) is 70.0 cm³/mol. The summed E-state index contributed by atoms with van der Waals surface area (Å²) in [7, 11) is 1.56. The van der Waals surface area contributed by atoms with Gasteiger partial charge in [0.2, 0.25) is 0 Å². The molecule has 0 amide bonds. The molecule has 0 fully saturated rings. The minimum Gasteiger partial charge on any atom is -0.495 e. The fraction of sp³-hybridized carbons (Fsp3) is 0.308. The number of carboxylic acid groups (broad SMARTS) is 1. The lowest BCUT2D eigenvalue weighted by Crippen LogP contribution is -2.09. The second-order valence-corrected chi connectivity index (χ2v) is 4.27. The van der Waals surface area contributed by atoms with E-state index < -0.39 is 5.97 Å². The summed E-state index contributed by atoms with van der Waals surface area (Å²) in [4.78, 5) is 10.9. The molecule has 1 heterocycles. The number of anilines is 1. The van der Waals surface area contributed by atoms with Gasteiger partial charge in [-0.25, -0.2) is 0 Å². The van der Waals surface area contributed by atoms with Gasteiger partial charge in [0.25, 0.3) is 0 Å². The first-order chi connectivity index (χ1) is 8.47. The Hall–Kier alpha value is -2.17. The maximum Gasteiger partial charge on any atom is 0.323 e. The fourth-order valence-corrected chi connectivity index (χ4v) is 2.29. The molecule has 5 nitrogen and oxygen atoms in total. The van der Waals surface area contributed by atoms with Crippen LogP contribution in [0.1, 0.15) is 11.3 Å². The number of rotatable bonds is 3. The van der Waals surface area contributed by atoms with Crippen LogP contribution in [0.25, 0.3) is 10.9 Å². The first kappa shape index (κ1) is 12.3. The molecule has 0 saturated heterocycles. The summed E-state index contributed by atoms with van der Waals surface area (Å²) in [5.74, 6) is -0.262. The first-order valence-electron chi connectivity index (χ1n) is 5.61. The number of nitrogens with zero attached hydrogens (tertiary/aromatic N) is 1. The van der Waals surface area contributed by atoms with E-state index in [1.807, 2.05) is 19.9 Å². The average Bonchev–Trinajstić information content (AvgIpc) is 2.55. The number of methoxy groups -OCH3 is 1. The number of fused-ring (bicyclic) bond motifs is 1. The fourth-order valence-electron chi connectivity index (χ4n) is 2.29. The number of aliphatic carboxylic acids is 1. The highest BCUT2D eigenvalue weighted by Crippen LogP contribution is 2.35. The molecular weight excluding hydrogens is 232 g/mol. The molecular formula is C13H16N2O3. The summed E-state index contributed by atoms with van der Waals surface area (Å²) in [5, 5.41) is 9.82. The quantitative estimate of drug-likeness (QED) is 0.814. The minimum absolute atomic E-state index is 0.0675. The number of nitrogen functional groups attached to an aromatic ring is 1. The van der Waals surface area contributed by atoms with Crippen LogP contribution in [0.15, 0.2) is 12.1 Å². The van der Waals surface area contributed by atoms with E-state index in [4.69, 9.17) is 15.6 Å². The van der Waals surface area contributed by atoms with E-state index in [1.54, 1.807) is 17.7 Å². The van der Waals surface area contributed by atoms with Gasteiger partial charge >= 0.3 is 5.97 Å². The number of carboxylic acids is 1. The van der Waals surface area contributed by atoms with Gasteiger partial charge in [-0.3, -0.25) is 4.79 Å². The lowest BCUT2D eigenvalue weighted by atomic mass is 10.1. The Bertz CT molecular complexity index is 629. The second-order valence-electron chi connectivity index (χ2n) is 4.27. The van der Waals surface area contributed by atoms with Crippen molar-refractivity contribution in [2.24, 2.45) is 0 Å². The number of carbonyl (C=O) groups is 1. The maximum absolute atomic E-state index is 10.9. The zero-order valence-electron chi connectivity index (χ0n) is 10.7. The molecule has 2 rings (SSSR count). The minimum atomic E-state index is -0.871. The Balaban J connectivity index is 2.79. The molecule has 5 heteroatoms. The van der Waals surface area contributed by atoms with Crippen molar-refractivity contribution in [2.75, 3.05) is 12.8 Å². The van der Waals surface area contributed by atoms with Crippen LogP contribution in [0, 0.1) is 13.8 Å². The Morgan fingerprint density at radius 2 is 2.11 bits per heavy atom. The lowest BCUT2D eigenvalue weighted by Gasteiger charge is -2.07. The van der Waals surface area contributed by atoms with Crippen LogP contribution in [0.5, 0.6) is 5.75 Å². The van der Waals surface area contributed by atoms with E-state index in [0.717, 1.165) is 22.2 Å². The van der Waals surface area contributed by atoms with Crippen LogP contribution in [0.3, 0.4) is 0 Å². The molecule has 0 spiro atoms. The van der Waals surface area contributed by atoms with E-state index in [2.05, 4.69) is 0 Å². The van der Waals surface area contributed by atoms with Gasteiger partial charge in [-0.2, -0.15) is 0 Å². The van der Waals surface area contributed by atoms with Crippen LogP contribution in [0.2, 0.25) is 0 Å². The molecule has 3 N–H and O–H groups in total. The van der Waals surface area contributed by atoms with Crippen molar-refractivity contribution in [3.05, 3.63) is 23.4 Å². The van der Waals surface area contributed by atoms with Crippen molar-refractivity contribution in [3.63, 3.8) is 0 Å². The van der Waals surface area contributed by atoms with Gasteiger partial charge in [0.05, 0.1) is 18.3 Å². The second kappa shape index (κ2) is 4.25. The monoisotopic (exact) mass is 248 g/mol. The van der Waals surface area contributed by atoms with Crippen LogP contribution in [-0.2, 0) is 11.3 Å². The van der Waals surface area contributed by atoms with Gasteiger partial charge in [0.15, 0.2) is 0 Å². The third-order valence-corrected chi connectivity index (χ3v) is 3.31. The molecule has 0 radical (unpaired) electrons. The van der Waals surface area contributed by atoms with Gasteiger partial charge in [-0.1, -0.05) is 0 Å². The Morgan fingerprint density at radius 3 is 2.67 bits per heavy atom. The SMILES string of the molecule is COc1ccc2c(c(C)c(C)n2CC(=O)O)c1N. The maximum atomic E-state index is 10.9.